The van der Waals surface area contributed by atoms with Crippen LogP contribution in [0.3, 0.4) is 0 Å². The van der Waals surface area contributed by atoms with E-state index >= 15 is 0 Å². The van der Waals surface area contributed by atoms with E-state index in [0.717, 1.165) is 44.2 Å². The molecular formula is C23H36N4O2. The monoisotopic (exact) mass is 400 g/mol. The van der Waals surface area contributed by atoms with Crippen molar-refractivity contribution in [3.63, 3.8) is 0 Å². The van der Waals surface area contributed by atoms with Crippen LogP contribution in [0.5, 0.6) is 5.75 Å². The number of urea groups is 1. The summed E-state index contributed by atoms with van der Waals surface area (Å²) < 4.78 is 5.40. The molecule has 0 spiro atoms. The lowest BCUT2D eigenvalue weighted by Crippen LogP contribution is -2.46. The average molecular weight is 401 g/mol. The normalized spacial score (nSPS) is 13.2. The molecule has 160 valence electrons. The van der Waals surface area contributed by atoms with Crippen molar-refractivity contribution in [2.45, 2.75) is 20.8 Å². The molecule has 1 saturated heterocycles. The molecule has 2 N–H and O–H groups in total. The van der Waals surface area contributed by atoms with Crippen molar-refractivity contribution in [3.8, 4) is 5.75 Å². The lowest BCUT2D eigenvalue weighted by molar-refractivity contribution is 0.254. The number of piperazine rings is 1. The molecule has 1 fully saturated rings. The van der Waals surface area contributed by atoms with Crippen molar-refractivity contribution >= 4 is 17.4 Å². The molecule has 1 heterocycles. The number of nitrogens with zero attached hydrogens (tertiary/aromatic N) is 2. The molecule has 0 aromatic heterocycles. The summed E-state index contributed by atoms with van der Waals surface area (Å²) in [6.45, 7) is 11.9. The van der Waals surface area contributed by atoms with Crippen LogP contribution in [0.15, 0.2) is 54.6 Å². The van der Waals surface area contributed by atoms with E-state index in [2.05, 4.69) is 39.5 Å². The number of nitrogens with one attached hydrogen (secondary N) is 2. The number of hydrogen-bond acceptors (Lipinski definition) is 4. The lowest BCUT2D eigenvalue weighted by Gasteiger charge is -2.36. The summed E-state index contributed by atoms with van der Waals surface area (Å²) in [6, 6.07) is 17.4. The Morgan fingerprint density at radius 1 is 0.966 bits per heavy atom. The molecule has 1 aliphatic rings. The van der Waals surface area contributed by atoms with E-state index in [9.17, 15) is 4.79 Å². The summed E-state index contributed by atoms with van der Waals surface area (Å²) in [5, 5.41) is 5.10. The molecule has 2 amide bonds. The zero-order valence-electron chi connectivity index (χ0n) is 18.4. The summed E-state index contributed by atoms with van der Waals surface area (Å²) in [6.07, 6.45) is 0. The molecular weight excluding hydrogens is 364 g/mol. The third-order valence-corrected chi connectivity index (χ3v) is 4.50. The van der Waals surface area contributed by atoms with Crippen molar-refractivity contribution in [3.05, 3.63) is 54.6 Å². The number of amides is 2. The molecule has 0 atom stereocenters. The second-order valence-corrected chi connectivity index (χ2v) is 6.16. The number of methoxy groups -OCH3 is 1. The number of rotatable bonds is 4. The molecule has 3 rings (SSSR count). The Morgan fingerprint density at radius 3 is 2.10 bits per heavy atom. The maximum Gasteiger partial charge on any atom is 0.318 e. The van der Waals surface area contributed by atoms with Gasteiger partial charge in [0.2, 0.25) is 0 Å². The molecule has 0 unspecified atom stereocenters. The first-order valence-electron chi connectivity index (χ1n) is 10.3. The van der Waals surface area contributed by atoms with Crippen LogP contribution in [0.25, 0.3) is 0 Å². The first-order chi connectivity index (χ1) is 14.2. The Balaban J connectivity index is 0.000000284. The topological polar surface area (TPSA) is 56.8 Å². The standard InChI is InChI=1S/C13H20N2O.C8H10N2O.C2H6/c1-3-14-8-10-15(11-9-14)12-6-4-5-7-13(12)16-2;1-9-8(11)10-7-5-3-2-4-6-7;1-2/h4-7H,3,8-11H2,1-2H3;2-6H,1H3,(H2,9,10,11);1-2H3. The van der Waals surface area contributed by atoms with Gasteiger partial charge < -0.3 is 25.2 Å². The first kappa shape index (κ1) is 24.3. The lowest BCUT2D eigenvalue weighted by atomic mass is 10.2. The highest BCUT2D eigenvalue weighted by Crippen LogP contribution is 2.28. The zero-order chi connectivity index (χ0) is 21.5. The second-order valence-electron chi connectivity index (χ2n) is 6.16. The number of benzene rings is 2. The molecule has 0 aliphatic carbocycles. The molecule has 6 nitrogen and oxygen atoms in total. The van der Waals surface area contributed by atoms with Crippen LogP contribution >= 0.6 is 0 Å². The maximum absolute atomic E-state index is 10.8. The van der Waals surface area contributed by atoms with Gasteiger partial charge in [-0.15, -0.1) is 0 Å². The highest BCUT2D eigenvalue weighted by molar-refractivity contribution is 5.88. The Kier molecular flexibility index (Phi) is 12.0. The van der Waals surface area contributed by atoms with E-state index in [4.69, 9.17) is 4.74 Å². The summed E-state index contributed by atoms with van der Waals surface area (Å²) in [4.78, 5) is 15.6. The van der Waals surface area contributed by atoms with Crippen LogP contribution < -0.4 is 20.3 Å². The van der Waals surface area contributed by atoms with E-state index < -0.39 is 0 Å². The molecule has 6 heteroatoms. The van der Waals surface area contributed by atoms with Gasteiger partial charge in [-0.1, -0.05) is 51.1 Å². The smallest absolute Gasteiger partial charge is 0.318 e. The fourth-order valence-corrected chi connectivity index (χ4v) is 2.91. The van der Waals surface area contributed by atoms with E-state index in [1.54, 1.807) is 14.2 Å². The minimum absolute atomic E-state index is 0.198. The van der Waals surface area contributed by atoms with Gasteiger partial charge in [0.1, 0.15) is 5.75 Å². The molecule has 0 saturated carbocycles. The second kappa shape index (κ2) is 14.3. The minimum Gasteiger partial charge on any atom is -0.495 e. The maximum atomic E-state index is 10.8. The van der Waals surface area contributed by atoms with E-state index in [1.807, 2.05) is 56.3 Å². The van der Waals surface area contributed by atoms with Gasteiger partial charge in [0.15, 0.2) is 0 Å². The molecule has 2 aromatic carbocycles. The fraction of sp³-hybridized carbons (Fsp3) is 0.435. The Labute approximate surface area is 175 Å². The third-order valence-electron chi connectivity index (χ3n) is 4.50. The van der Waals surface area contributed by atoms with Crippen LogP contribution in [-0.4, -0.2) is 57.8 Å². The third kappa shape index (κ3) is 8.44. The quantitative estimate of drug-likeness (QED) is 0.803. The molecule has 0 bridgehead atoms. The fourth-order valence-electron chi connectivity index (χ4n) is 2.91. The first-order valence-corrected chi connectivity index (χ1v) is 10.3. The van der Waals surface area contributed by atoms with Crippen LogP contribution in [0.2, 0.25) is 0 Å². The SMILES string of the molecule is CC.CCN1CCN(c2ccccc2OC)CC1.CNC(=O)Nc1ccccc1. The average Bonchev–Trinajstić information content (AvgIpc) is 2.81. The summed E-state index contributed by atoms with van der Waals surface area (Å²) in [7, 11) is 3.32. The van der Waals surface area contributed by atoms with Gasteiger partial charge in [-0.25, -0.2) is 4.79 Å². The van der Waals surface area contributed by atoms with Gasteiger partial charge in [-0.2, -0.15) is 0 Å². The number of carbonyl (C=O) groups is 1. The number of hydrogen-bond donors (Lipinski definition) is 2. The summed E-state index contributed by atoms with van der Waals surface area (Å²) >= 11 is 0. The van der Waals surface area contributed by atoms with E-state index in [1.165, 1.54) is 5.69 Å². The van der Waals surface area contributed by atoms with Crippen LogP contribution in [0.4, 0.5) is 16.2 Å². The number of anilines is 2. The van der Waals surface area contributed by atoms with Gasteiger partial charge in [-0.05, 0) is 30.8 Å². The number of likely N-dealkylation sites (N-methyl/N-ethyl adjacent to an activating group) is 1. The molecule has 2 aromatic rings. The van der Waals surface area contributed by atoms with Gasteiger partial charge >= 0.3 is 6.03 Å². The van der Waals surface area contributed by atoms with Crippen molar-refractivity contribution in [1.29, 1.82) is 0 Å². The van der Waals surface area contributed by atoms with Crippen LogP contribution in [0, 0.1) is 0 Å². The highest BCUT2D eigenvalue weighted by atomic mass is 16.5. The van der Waals surface area contributed by atoms with Gasteiger partial charge in [0, 0.05) is 38.9 Å². The summed E-state index contributed by atoms with van der Waals surface area (Å²) in [5.74, 6) is 0.979. The molecule has 29 heavy (non-hydrogen) atoms. The molecule has 0 radical (unpaired) electrons. The largest absolute Gasteiger partial charge is 0.495 e. The minimum atomic E-state index is -0.198. The Bertz CT molecular complexity index is 686. The van der Waals surface area contributed by atoms with Gasteiger partial charge in [0.25, 0.3) is 0 Å². The molecule has 1 aliphatic heterocycles. The van der Waals surface area contributed by atoms with Crippen molar-refractivity contribution in [1.82, 2.24) is 10.2 Å². The highest BCUT2D eigenvalue weighted by Gasteiger charge is 2.17. The van der Waals surface area contributed by atoms with E-state index in [0.29, 0.717) is 0 Å². The van der Waals surface area contributed by atoms with Crippen LogP contribution in [0.1, 0.15) is 20.8 Å². The van der Waals surface area contributed by atoms with Crippen LogP contribution in [-0.2, 0) is 0 Å². The van der Waals surface area contributed by atoms with Gasteiger partial charge in [0.05, 0.1) is 12.8 Å². The van der Waals surface area contributed by atoms with Crippen molar-refractivity contribution < 1.29 is 9.53 Å². The Morgan fingerprint density at radius 2 is 1.55 bits per heavy atom. The Hall–Kier alpha value is -2.73. The zero-order valence-corrected chi connectivity index (χ0v) is 18.4. The predicted molar refractivity (Wildman–Crippen MR) is 123 cm³/mol. The van der Waals surface area contributed by atoms with Gasteiger partial charge in [-0.3, -0.25) is 0 Å². The number of carbonyl (C=O) groups excluding carboxylic acids is 1. The number of ether oxygens (including phenoxy) is 1. The summed E-state index contributed by atoms with van der Waals surface area (Å²) in [5.41, 5.74) is 2.02. The van der Waals surface area contributed by atoms with E-state index in [-0.39, 0.29) is 6.03 Å². The van der Waals surface area contributed by atoms with Crippen molar-refractivity contribution in [2.75, 3.05) is 57.1 Å². The predicted octanol–water partition coefficient (Wildman–Crippen LogP) is 4.30. The number of para-hydroxylation sites is 3. The van der Waals surface area contributed by atoms with Crippen molar-refractivity contribution in [2.24, 2.45) is 0 Å².